The number of nitrogens with zero attached hydrogens (tertiary/aromatic N) is 1. The molecule has 16 heavy (non-hydrogen) atoms. The number of likely N-dealkylation sites (N-methyl/N-ethyl adjacent to an activating group) is 1. The zero-order valence-corrected chi connectivity index (χ0v) is 11.6. The molecule has 0 fully saturated rings. The summed E-state index contributed by atoms with van der Waals surface area (Å²) < 4.78 is 6.40. The summed E-state index contributed by atoms with van der Waals surface area (Å²) in [6.45, 7) is 3.61. The van der Waals surface area contributed by atoms with Gasteiger partial charge in [-0.15, -0.1) is 0 Å². The molecule has 1 atom stereocenters. The van der Waals surface area contributed by atoms with E-state index in [2.05, 4.69) is 40.9 Å². The van der Waals surface area contributed by atoms with E-state index in [0.717, 1.165) is 16.8 Å². The lowest BCUT2D eigenvalue weighted by Crippen LogP contribution is -2.34. The zero-order valence-electron chi connectivity index (χ0n) is 10.0. The highest BCUT2D eigenvalue weighted by Crippen LogP contribution is 2.24. The van der Waals surface area contributed by atoms with Crippen molar-refractivity contribution in [2.24, 2.45) is 5.73 Å². The first kappa shape index (κ1) is 13.5. The molecular formula is C12H19BrN2O. The first-order chi connectivity index (χ1) is 7.58. The minimum Gasteiger partial charge on any atom is -0.496 e. The SMILES string of the molecule is COc1ccc(Br)cc1CN(C)C(C)CN. The van der Waals surface area contributed by atoms with Gasteiger partial charge in [-0.3, -0.25) is 4.90 Å². The van der Waals surface area contributed by atoms with E-state index in [0.29, 0.717) is 12.6 Å². The molecule has 0 aliphatic carbocycles. The Hall–Kier alpha value is -0.580. The maximum Gasteiger partial charge on any atom is 0.123 e. The van der Waals surface area contributed by atoms with Crippen molar-refractivity contribution in [2.75, 3.05) is 20.7 Å². The fraction of sp³-hybridized carbons (Fsp3) is 0.500. The molecule has 0 aliphatic rings. The van der Waals surface area contributed by atoms with Crippen LogP contribution in [0.25, 0.3) is 0 Å². The standard InChI is InChI=1S/C12H19BrN2O/c1-9(7-14)15(2)8-10-6-11(13)4-5-12(10)16-3/h4-6,9H,7-8,14H2,1-3H3. The maximum absolute atomic E-state index is 5.64. The summed E-state index contributed by atoms with van der Waals surface area (Å²) in [6, 6.07) is 6.40. The van der Waals surface area contributed by atoms with Crippen molar-refractivity contribution < 1.29 is 4.74 Å². The lowest BCUT2D eigenvalue weighted by Gasteiger charge is -2.24. The summed E-state index contributed by atoms with van der Waals surface area (Å²) >= 11 is 3.47. The number of rotatable bonds is 5. The van der Waals surface area contributed by atoms with Crippen LogP contribution in [0, 0.1) is 0 Å². The van der Waals surface area contributed by atoms with Crippen molar-refractivity contribution in [1.29, 1.82) is 0 Å². The Morgan fingerprint density at radius 1 is 1.50 bits per heavy atom. The van der Waals surface area contributed by atoms with E-state index in [-0.39, 0.29) is 0 Å². The molecule has 0 saturated heterocycles. The van der Waals surface area contributed by atoms with E-state index < -0.39 is 0 Å². The molecule has 0 spiro atoms. The normalized spacial score (nSPS) is 12.9. The molecule has 0 radical (unpaired) electrons. The van der Waals surface area contributed by atoms with Crippen LogP contribution < -0.4 is 10.5 Å². The lowest BCUT2D eigenvalue weighted by molar-refractivity contribution is 0.250. The van der Waals surface area contributed by atoms with Gasteiger partial charge in [-0.2, -0.15) is 0 Å². The largest absolute Gasteiger partial charge is 0.496 e. The number of hydrogen-bond acceptors (Lipinski definition) is 3. The Morgan fingerprint density at radius 2 is 2.19 bits per heavy atom. The molecule has 1 aromatic rings. The molecule has 1 rings (SSSR count). The second-order valence-corrected chi connectivity index (χ2v) is 4.87. The summed E-state index contributed by atoms with van der Waals surface area (Å²) in [6.07, 6.45) is 0. The summed E-state index contributed by atoms with van der Waals surface area (Å²) in [5.74, 6) is 0.916. The van der Waals surface area contributed by atoms with Gasteiger partial charge in [0.05, 0.1) is 7.11 Å². The summed E-state index contributed by atoms with van der Waals surface area (Å²) in [4.78, 5) is 2.21. The third kappa shape index (κ3) is 3.47. The molecule has 0 bridgehead atoms. The fourth-order valence-corrected chi connectivity index (χ4v) is 1.88. The molecule has 90 valence electrons. The van der Waals surface area contributed by atoms with Gasteiger partial charge in [-0.05, 0) is 32.2 Å². The van der Waals surface area contributed by atoms with Crippen molar-refractivity contribution in [3.63, 3.8) is 0 Å². The maximum atomic E-state index is 5.64. The second-order valence-electron chi connectivity index (χ2n) is 3.96. The average molecular weight is 287 g/mol. The van der Waals surface area contributed by atoms with Gasteiger partial charge >= 0.3 is 0 Å². The minimum atomic E-state index is 0.365. The number of benzene rings is 1. The second kappa shape index (κ2) is 6.23. The molecule has 0 aromatic heterocycles. The molecule has 0 heterocycles. The molecule has 1 aromatic carbocycles. The van der Waals surface area contributed by atoms with Crippen molar-refractivity contribution in [3.8, 4) is 5.75 Å². The number of ether oxygens (including phenoxy) is 1. The van der Waals surface area contributed by atoms with Gasteiger partial charge in [-0.25, -0.2) is 0 Å². The first-order valence-corrected chi connectivity index (χ1v) is 6.10. The minimum absolute atomic E-state index is 0.365. The molecule has 0 amide bonds. The quantitative estimate of drug-likeness (QED) is 0.902. The Kier molecular flexibility index (Phi) is 5.25. The monoisotopic (exact) mass is 286 g/mol. The van der Waals surface area contributed by atoms with Crippen LogP contribution in [0.2, 0.25) is 0 Å². The number of nitrogens with two attached hydrogens (primary N) is 1. The van der Waals surface area contributed by atoms with Crippen molar-refractivity contribution in [2.45, 2.75) is 19.5 Å². The fourth-order valence-electron chi connectivity index (χ4n) is 1.48. The molecule has 3 nitrogen and oxygen atoms in total. The lowest BCUT2D eigenvalue weighted by atomic mass is 10.1. The van der Waals surface area contributed by atoms with Gasteiger partial charge in [-0.1, -0.05) is 15.9 Å². The number of methoxy groups -OCH3 is 1. The van der Waals surface area contributed by atoms with Gasteiger partial charge in [0.1, 0.15) is 5.75 Å². The number of halogens is 1. The Morgan fingerprint density at radius 3 is 2.75 bits per heavy atom. The van der Waals surface area contributed by atoms with Crippen LogP contribution >= 0.6 is 15.9 Å². The predicted octanol–water partition coefficient (Wildman–Crippen LogP) is 2.24. The third-order valence-corrected chi connectivity index (χ3v) is 3.25. The molecule has 1 unspecified atom stereocenters. The Balaban J connectivity index is 2.82. The van der Waals surface area contributed by atoms with E-state index in [4.69, 9.17) is 10.5 Å². The highest BCUT2D eigenvalue weighted by atomic mass is 79.9. The van der Waals surface area contributed by atoms with Gasteiger partial charge in [0.25, 0.3) is 0 Å². The Labute approximate surface area is 106 Å². The van der Waals surface area contributed by atoms with Crippen LogP contribution in [-0.2, 0) is 6.54 Å². The smallest absolute Gasteiger partial charge is 0.123 e. The molecule has 0 aliphatic heterocycles. The van der Waals surface area contributed by atoms with Crippen molar-refractivity contribution in [3.05, 3.63) is 28.2 Å². The van der Waals surface area contributed by atoms with Gasteiger partial charge in [0.15, 0.2) is 0 Å². The summed E-state index contributed by atoms with van der Waals surface area (Å²) in [5.41, 5.74) is 6.81. The zero-order chi connectivity index (χ0) is 12.1. The Bertz CT molecular complexity index is 344. The highest BCUT2D eigenvalue weighted by Gasteiger charge is 2.11. The van der Waals surface area contributed by atoms with Crippen LogP contribution in [0.15, 0.2) is 22.7 Å². The van der Waals surface area contributed by atoms with E-state index in [9.17, 15) is 0 Å². The summed E-state index contributed by atoms with van der Waals surface area (Å²) in [7, 11) is 3.76. The molecular weight excluding hydrogens is 268 g/mol. The van der Waals surface area contributed by atoms with Crippen LogP contribution in [0.4, 0.5) is 0 Å². The summed E-state index contributed by atoms with van der Waals surface area (Å²) in [5, 5.41) is 0. The third-order valence-electron chi connectivity index (χ3n) is 2.76. The number of hydrogen-bond donors (Lipinski definition) is 1. The predicted molar refractivity (Wildman–Crippen MR) is 70.7 cm³/mol. The first-order valence-electron chi connectivity index (χ1n) is 5.31. The van der Waals surface area contributed by atoms with E-state index in [1.54, 1.807) is 7.11 Å². The molecule has 2 N–H and O–H groups in total. The molecule has 4 heteroatoms. The van der Waals surface area contributed by atoms with Crippen molar-refractivity contribution >= 4 is 15.9 Å². The van der Waals surface area contributed by atoms with Crippen LogP contribution in [0.3, 0.4) is 0 Å². The van der Waals surface area contributed by atoms with E-state index in [1.165, 1.54) is 5.56 Å². The van der Waals surface area contributed by atoms with E-state index >= 15 is 0 Å². The van der Waals surface area contributed by atoms with Gasteiger partial charge < -0.3 is 10.5 Å². The van der Waals surface area contributed by atoms with Crippen LogP contribution in [-0.4, -0.2) is 31.6 Å². The van der Waals surface area contributed by atoms with Gasteiger partial charge in [0, 0.05) is 29.2 Å². The topological polar surface area (TPSA) is 38.5 Å². The van der Waals surface area contributed by atoms with Crippen molar-refractivity contribution in [1.82, 2.24) is 4.90 Å². The molecule has 0 saturated carbocycles. The highest BCUT2D eigenvalue weighted by molar-refractivity contribution is 9.10. The van der Waals surface area contributed by atoms with E-state index in [1.807, 2.05) is 12.1 Å². The van der Waals surface area contributed by atoms with Crippen LogP contribution in [0.5, 0.6) is 5.75 Å². The van der Waals surface area contributed by atoms with Gasteiger partial charge in [0.2, 0.25) is 0 Å². The average Bonchev–Trinajstić information content (AvgIpc) is 2.28. The van der Waals surface area contributed by atoms with Crippen LogP contribution in [0.1, 0.15) is 12.5 Å².